The number of carbonyl (C=O) groups is 2. The molecule has 3 rings (SSSR count). The molecule has 0 fully saturated rings. The van der Waals surface area contributed by atoms with Gasteiger partial charge >= 0.3 is 12.0 Å². The van der Waals surface area contributed by atoms with Gasteiger partial charge in [0.25, 0.3) is 0 Å². The lowest BCUT2D eigenvalue weighted by atomic mass is 9.94. The minimum absolute atomic E-state index is 0.0792. The van der Waals surface area contributed by atoms with Gasteiger partial charge in [-0.2, -0.15) is 0 Å². The van der Waals surface area contributed by atoms with Gasteiger partial charge in [0.05, 0.1) is 31.0 Å². The SMILES string of the molecule is CCOC(=O)C1=C(COc2ccc(F)cc2)N(C)C(=O)N[C@@H]1c1cccc(OC)c1. The molecule has 30 heavy (non-hydrogen) atoms. The molecule has 0 aliphatic carbocycles. The molecule has 1 N–H and O–H groups in total. The molecular weight excluding hydrogens is 391 g/mol. The van der Waals surface area contributed by atoms with Crippen molar-refractivity contribution in [2.75, 3.05) is 27.4 Å². The zero-order valence-electron chi connectivity index (χ0n) is 17.0. The van der Waals surface area contributed by atoms with Crippen LogP contribution in [0.1, 0.15) is 18.5 Å². The fourth-order valence-corrected chi connectivity index (χ4v) is 3.14. The van der Waals surface area contributed by atoms with Crippen molar-refractivity contribution in [1.82, 2.24) is 10.2 Å². The Morgan fingerprint density at radius 1 is 1.17 bits per heavy atom. The van der Waals surface area contributed by atoms with Crippen LogP contribution >= 0.6 is 0 Å². The Hall–Kier alpha value is -3.55. The van der Waals surface area contributed by atoms with Crippen molar-refractivity contribution in [3.63, 3.8) is 0 Å². The van der Waals surface area contributed by atoms with Gasteiger partial charge in [0.15, 0.2) is 0 Å². The van der Waals surface area contributed by atoms with Crippen LogP contribution in [0.3, 0.4) is 0 Å². The van der Waals surface area contributed by atoms with E-state index in [0.717, 1.165) is 0 Å². The van der Waals surface area contributed by atoms with Crippen LogP contribution in [0.5, 0.6) is 11.5 Å². The summed E-state index contributed by atoms with van der Waals surface area (Å²) >= 11 is 0. The molecule has 0 aromatic heterocycles. The molecule has 1 heterocycles. The van der Waals surface area contributed by atoms with Crippen LogP contribution in [0.15, 0.2) is 59.8 Å². The van der Waals surface area contributed by atoms with Gasteiger partial charge in [-0.1, -0.05) is 12.1 Å². The Labute approximate surface area is 174 Å². The highest BCUT2D eigenvalue weighted by Crippen LogP contribution is 2.32. The summed E-state index contributed by atoms with van der Waals surface area (Å²) in [6.45, 7) is 1.81. The lowest BCUT2D eigenvalue weighted by Gasteiger charge is -2.34. The van der Waals surface area contributed by atoms with Crippen molar-refractivity contribution in [2.45, 2.75) is 13.0 Å². The minimum atomic E-state index is -0.741. The summed E-state index contributed by atoms with van der Waals surface area (Å²) in [7, 11) is 3.08. The van der Waals surface area contributed by atoms with Crippen molar-refractivity contribution in [3.05, 3.63) is 71.2 Å². The Morgan fingerprint density at radius 2 is 1.90 bits per heavy atom. The first-order valence-electron chi connectivity index (χ1n) is 9.41. The molecule has 1 aliphatic heterocycles. The molecule has 0 saturated heterocycles. The van der Waals surface area contributed by atoms with Gasteiger partial charge in [-0.05, 0) is 48.9 Å². The van der Waals surface area contributed by atoms with Gasteiger partial charge in [0.2, 0.25) is 0 Å². The van der Waals surface area contributed by atoms with Crippen LogP contribution in [-0.2, 0) is 9.53 Å². The molecule has 7 nitrogen and oxygen atoms in total. The smallest absolute Gasteiger partial charge is 0.338 e. The van der Waals surface area contributed by atoms with E-state index in [2.05, 4.69) is 5.32 Å². The maximum Gasteiger partial charge on any atom is 0.338 e. The van der Waals surface area contributed by atoms with Crippen LogP contribution in [0, 0.1) is 5.82 Å². The fourth-order valence-electron chi connectivity index (χ4n) is 3.14. The molecule has 2 aromatic rings. The van der Waals surface area contributed by atoms with Gasteiger partial charge in [0.1, 0.15) is 23.9 Å². The van der Waals surface area contributed by atoms with E-state index in [1.165, 1.54) is 36.3 Å². The molecule has 1 atom stereocenters. The first kappa shape index (κ1) is 21.2. The van der Waals surface area contributed by atoms with Crippen molar-refractivity contribution in [1.29, 1.82) is 0 Å². The quantitative estimate of drug-likeness (QED) is 0.703. The van der Waals surface area contributed by atoms with Crippen LogP contribution in [0.2, 0.25) is 0 Å². The summed E-state index contributed by atoms with van der Waals surface area (Å²) in [5.74, 6) is 0.0494. The standard InChI is InChI=1S/C22H23FN2O5/c1-4-29-21(26)19-18(13-30-16-10-8-15(23)9-11-16)25(2)22(27)24-20(19)14-6-5-7-17(12-14)28-3/h5-12,20H,4,13H2,1-3H3,(H,24,27)/t20-/m1/s1. The first-order chi connectivity index (χ1) is 14.4. The number of carbonyl (C=O) groups excluding carboxylic acids is 2. The molecular formula is C22H23FN2O5. The highest BCUT2D eigenvalue weighted by atomic mass is 19.1. The molecule has 8 heteroatoms. The largest absolute Gasteiger partial charge is 0.497 e. The zero-order valence-corrected chi connectivity index (χ0v) is 17.0. The predicted molar refractivity (Wildman–Crippen MR) is 108 cm³/mol. The van der Waals surface area contributed by atoms with E-state index in [9.17, 15) is 14.0 Å². The highest BCUT2D eigenvalue weighted by Gasteiger charge is 2.37. The number of rotatable bonds is 7. The van der Waals surface area contributed by atoms with E-state index >= 15 is 0 Å². The summed E-state index contributed by atoms with van der Waals surface area (Å²) in [6, 6.07) is 11.4. The molecule has 0 bridgehead atoms. The number of halogens is 1. The number of nitrogens with one attached hydrogen (secondary N) is 1. The first-order valence-corrected chi connectivity index (χ1v) is 9.41. The minimum Gasteiger partial charge on any atom is -0.497 e. The number of benzene rings is 2. The number of esters is 1. The summed E-state index contributed by atoms with van der Waals surface area (Å²) < 4.78 is 29.4. The Bertz CT molecular complexity index is 958. The molecule has 2 aromatic carbocycles. The molecule has 0 unspecified atom stereocenters. The summed E-state index contributed by atoms with van der Waals surface area (Å²) in [4.78, 5) is 26.8. The second-order valence-electron chi connectivity index (χ2n) is 6.54. The van der Waals surface area contributed by atoms with Crippen LogP contribution in [-0.4, -0.2) is 44.3 Å². The number of hydrogen-bond acceptors (Lipinski definition) is 5. The van der Waals surface area contributed by atoms with Crippen molar-refractivity contribution < 1.29 is 28.2 Å². The summed E-state index contributed by atoms with van der Waals surface area (Å²) in [6.07, 6.45) is 0. The average Bonchev–Trinajstić information content (AvgIpc) is 2.75. The number of likely N-dealkylation sites (N-methyl/N-ethyl adjacent to an activating group) is 1. The van der Waals surface area contributed by atoms with Gasteiger partial charge in [-0.25, -0.2) is 14.0 Å². The number of amides is 2. The van der Waals surface area contributed by atoms with Gasteiger partial charge in [0, 0.05) is 7.05 Å². The van der Waals surface area contributed by atoms with Gasteiger partial charge in [-0.15, -0.1) is 0 Å². The van der Waals surface area contributed by atoms with E-state index in [-0.39, 0.29) is 24.6 Å². The number of urea groups is 1. The number of ether oxygens (including phenoxy) is 3. The fraction of sp³-hybridized carbons (Fsp3) is 0.273. The number of methoxy groups -OCH3 is 1. The van der Waals surface area contributed by atoms with Crippen molar-refractivity contribution in [2.24, 2.45) is 0 Å². The van der Waals surface area contributed by atoms with E-state index in [4.69, 9.17) is 14.2 Å². The maximum atomic E-state index is 13.2. The Morgan fingerprint density at radius 3 is 2.57 bits per heavy atom. The highest BCUT2D eigenvalue weighted by molar-refractivity contribution is 5.95. The van der Waals surface area contributed by atoms with E-state index in [0.29, 0.717) is 22.8 Å². The topological polar surface area (TPSA) is 77.1 Å². The third kappa shape index (κ3) is 4.53. The predicted octanol–water partition coefficient (Wildman–Crippen LogP) is 3.43. The second-order valence-corrected chi connectivity index (χ2v) is 6.54. The number of nitrogens with zero attached hydrogens (tertiary/aromatic N) is 1. The van der Waals surface area contributed by atoms with E-state index in [1.807, 2.05) is 0 Å². The van der Waals surface area contributed by atoms with Gasteiger partial charge in [-0.3, -0.25) is 4.90 Å². The van der Waals surface area contributed by atoms with Crippen LogP contribution in [0.4, 0.5) is 9.18 Å². The molecule has 158 valence electrons. The van der Waals surface area contributed by atoms with Crippen molar-refractivity contribution in [3.8, 4) is 11.5 Å². The zero-order chi connectivity index (χ0) is 21.7. The second kappa shape index (κ2) is 9.30. The normalized spacial score (nSPS) is 16.2. The Balaban J connectivity index is 2.03. The summed E-state index contributed by atoms with van der Waals surface area (Å²) in [5, 5.41) is 2.83. The lowest BCUT2D eigenvalue weighted by molar-refractivity contribution is -0.139. The van der Waals surface area contributed by atoms with Crippen LogP contribution in [0.25, 0.3) is 0 Å². The van der Waals surface area contributed by atoms with Crippen molar-refractivity contribution >= 4 is 12.0 Å². The molecule has 0 spiro atoms. The number of hydrogen-bond donors (Lipinski definition) is 1. The maximum absolute atomic E-state index is 13.2. The Kier molecular flexibility index (Phi) is 6.56. The summed E-state index contributed by atoms with van der Waals surface area (Å²) in [5.41, 5.74) is 1.28. The molecule has 2 amide bonds. The molecule has 1 aliphatic rings. The molecule has 0 radical (unpaired) electrons. The monoisotopic (exact) mass is 414 g/mol. The van der Waals surface area contributed by atoms with E-state index in [1.54, 1.807) is 38.2 Å². The third-order valence-electron chi connectivity index (χ3n) is 4.69. The lowest BCUT2D eigenvalue weighted by Crippen LogP contribution is -2.48. The average molecular weight is 414 g/mol. The third-order valence-corrected chi connectivity index (χ3v) is 4.69. The molecule has 0 saturated carbocycles. The van der Waals surface area contributed by atoms with E-state index < -0.39 is 18.0 Å². The van der Waals surface area contributed by atoms with Gasteiger partial charge < -0.3 is 19.5 Å². The van der Waals surface area contributed by atoms with Crippen LogP contribution < -0.4 is 14.8 Å².